The molecule has 0 unspecified atom stereocenters. The first-order valence-electron chi connectivity index (χ1n) is 42.0. The van der Waals surface area contributed by atoms with E-state index >= 15 is 0 Å². The molecule has 0 spiro atoms. The SMILES string of the molecule is COCCOCCOCCOCCOCCOCCOCCOCCC[Si]1(C)O[Si](C)(CCCOCCOCCOCCOCCOCCOCCOCCOC)O[Si](C)(CCCOCCOCCOCCOCCOCCOCCOCCOC)O[Si](C)(CCCOCCOCCOCCOCCOCCOCCOCCOC)O1. The summed E-state index contributed by atoms with van der Waals surface area (Å²) in [7, 11) is -5.48. The van der Waals surface area contributed by atoms with E-state index in [9.17, 15) is 0 Å². The van der Waals surface area contributed by atoms with Gasteiger partial charge in [-0.1, -0.05) is 0 Å². The molecule has 116 heavy (non-hydrogen) atoms. The van der Waals surface area contributed by atoms with Crippen LogP contribution in [0.3, 0.4) is 0 Å². The highest BCUT2D eigenvalue weighted by Crippen LogP contribution is 2.39. The summed E-state index contributed by atoms with van der Waals surface area (Å²) in [4.78, 5) is 0. The number of ether oxygens (including phenoxy) is 32. The van der Waals surface area contributed by atoms with Crippen molar-refractivity contribution < 1.29 is 168 Å². The maximum absolute atomic E-state index is 7.50. The van der Waals surface area contributed by atoms with Crippen molar-refractivity contribution in [2.24, 2.45) is 0 Å². The third kappa shape index (κ3) is 83.0. The molecule has 1 saturated heterocycles. The van der Waals surface area contributed by atoms with Crippen molar-refractivity contribution in [3.63, 3.8) is 0 Å². The van der Waals surface area contributed by atoms with Crippen molar-refractivity contribution in [3.05, 3.63) is 0 Å². The Labute approximate surface area is 700 Å². The lowest BCUT2D eigenvalue weighted by atomic mass is 10.5. The van der Waals surface area contributed by atoms with Gasteiger partial charge in [-0.3, -0.25) is 0 Å². The Balaban J connectivity index is 2.82. The van der Waals surface area contributed by atoms with Gasteiger partial charge in [0.05, 0.1) is 370 Å². The van der Waals surface area contributed by atoms with E-state index in [-0.39, 0.29) is 0 Å². The Morgan fingerprint density at radius 1 is 0.121 bits per heavy atom. The standard InChI is InChI=1S/C76H160O36Si4/c1-77-17-21-85-33-37-93-49-53-101-65-69-105-61-57-97-45-41-89-29-25-81-13-9-73-113(5)109-114(6,74-10-14-82-26-30-90-42-46-98-58-62-106-70-66-102-54-50-94-38-34-86-22-18-78-2)111-116(8,76-12-16-84-28-32-92-44-48-100-60-64-108-72-68-104-56-52-96-40-36-88-24-20-80-4)112-115(7,110-113)75-11-15-83-27-31-91-43-47-99-59-63-107-71-67-103-55-51-95-39-35-87-23-19-79-3/h9-76H2,1-8H3. The number of hydrogen-bond acceptors (Lipinski definition) is 36. The topological polar surface area (TPSA) is 332 Å². The Morgan fingerprint density at radius 2 is 0.198 bits per heavy atom. The molecule has 36 nitrogen and oxygen atoms in total. The zero-order chi connectivity index (χ0) is 83.5. The molecule has 1 fully saturated rings. The summed E-state index contributed by atoms with van der Waals surface area (Å²) in [6.07, 6.45) is 2.87. The second-order valence-corrected chi connectivity index (χ2v) is 40.8. The Bertz CT molecular complexity index is 1650. The second kappa shape index (κ2) is 90.7. The number of hydrogen-bond donors (Lipinski definition) is 0. The van der Waals surface area contributed by atoms with Crippen LogP contribution in [0.4, 0.5) is 0 Å². The highest BCUT2D eigenvalue weighted by Gasteiger charge is 2.56. The zero-order valence-electron chi connectivity index (χ0n) is 72.8. The van der Waals surface area contributed by atoms with E-state index in [1.54, 1.807) is 28.4 Å². The fourth-order valence-electron chi connectivity index (χ4n) is 10.6. The van der Waals surface area contributed by atoms with Gasteiger partial charge in [0.1, 0.15) is 0 Å². The largest absolute Gasteiger partial charge is 0.416 e. The number of methoxy groups -OCH3 is 4. The molecule has 0 N–H and O–H groups in total. The van der Waals surface area contributed by atoms with Crippen molar-refractivity contribution in [1.82, 2.24) is 0 Å². The van der Waals surface area contributed by atoms with Crippen molar-refractivity contribution in [2.45, 2.75) is 76.0 Å². The molecule has 1 aliphatic heterocycles. The van der Waals surface area contributed by atoms with E-state index in [2.05, 4.69) is 26.2 Å². The van der Waals surface area contributed by atoms with Gasteiger partial charge < -0.3 is 168 Å². The van der Waals surface area contributed by atoms with E-state index in [1.807, 2.05) is 0 Å². The summed E-state index contributed by atoms with van der Waals surface area (Å²) in [5.74, 6) is 0. The Kier molecular flexibility index (Phi) is 88.7. The van der Waals surface area contributed by atoms with Gasteiger partial charge in [-0.05, 0) is 76.0 Å². The molecule has 0 aliphatic carbocycles. The Hall–Kier alpha value is -0.572. The van der Waals surface area contributed by atoms with Crippen molar-refractivity contribution in [2.75, 3.05) is 425 Å². The molecular formula is C76H160O36Si4. The maximum atomic E-state index is 7.50. The lowest BCUT2D eigenvalue weighted by Crippen LogP contribution is -2.67. The monoisotopic (exact) mass is 1760 g/mol. The van der Waals surface area contributed by atoms with Gasteiger partial charge in [-0.2, -0.15) is 0 Å². The lowest BCUT2D eigenvalue weighted by molar-refractivity contribution is -0.0221. The second-order valence-electron chi connectivity index (χ2n) is 26.5. The van der Waals surface area contributed by atoms with Crippen LogP contribution in [0.25, 0.3) is 0 Å². The molecule has 0 saturated carbocycles. The van der Waals surface area contributed by atoms with Gasteiger partial charge >= 0.3 is 34.2 Å². The molecular weight excluding hydrogens is 1600 g/mol. The van der Waals surface area contributed by atoms with E-state index in [0.29, 0.717) is 421 Å². The smallest absolute Gasteiger partial charge is 0.317 e. The van der Waals surface area contributed by atoms with Gasteiger partial charge in [-0.25, -0.2) is 0 Å². The normalized spacial score (nSPS) is 18.0. The summed E-state index contributed by atoms with van der Waals surface area (Å²) in [6.45, 7) is 37.9. The quantitative estimate of drug-likeness (QED) is 0.0573. The highest BCUT2D eigenvalue weighted by atomic mass is 28.5. The van der Waals surface area contributed by atoms with Crippen molar-refractivity contribution in [1.29, 1.82) is 0 Å². The van der Waals surface area contributed by atoms with Gasteiger partial charge in [-0.15, -0.1) is 0 Å². The fraction of sp³-hybridized carbons (Fsp3) is 1.00. The first-order chi connectivity index (χ1) is 57.1. The predicted octanol–water partition coefficient (Wildman–Crippen LogP) is 4.97. The van der Waals surface area contributed by atoms with Gasteiger partial charge in [0.25, 0.3) is 0 Å². The van der Waals surface area contributed by atoms with Crippen molar-refractivity contribution >= 4 is 34.2 Å². The van der Waals surface area contributed by atoms with Crippen molar-refractivity contribution in [3.8, 4) is 0 Å². The molecule has 0 amide bonds. The van der Waals surface area contributed by atoms with Crippen LogP contribution in [0.5, 0.6) is 0 Å². The molecule has 0 aromatic rings. The predicted molar refractivity (Wildman–Crippen MR) is 439 cm³/mol. The van der Waals surface area contributed by atoms with E-state index in [1.165, 1.54) is 0 Å². The summed E-state index contributed by atoms with van der Waals surface area (Å²) in [6, 6.07) is 2.71. The average molecular weight is 1760 g/mol. The first kappa shape index (κ1) is 113. The van der Waals surface area contributed by atoms with E-state index < -0.39 is 34.2 Å². The lowest BCUT2D eigenvalue weighted by Gasteiger charge is -2.50. The van der Waals surface area contributed by atoms with Crippen LogP contribution in [0.2, 0.25) is 50.4 Å². The van der Waals surface area contributed by atoms with Crippen LogP contribution in [-0.2, 0) is 168 Å². The first-order valence-corrected chi connectivity index (χ1v) is 52.1. The minimum atomic E-state index is -3.02. The molecule has 1 aliphatic rings. The van der Waals surface area contributed by atoms with Gasteiger partial charge in [0.2, 0.25) is 0 Å². The molecule has 0 aromatic carbocycles. The molecule has 696 valence electrons. The van der Waals surface area contributed by atoms with Gasteiger partial charge in [0.15, 0.2) is 0 Å². The third-order valence-corrected chi connectivity index (χ3v) is 34.9. The molecule has 40 heteroatoms. The van der Waals surface area contributed by atoms with Crippen LogP contribution in [-0.4, -0.2) is 459 Å². The summed E-state index contributed by atoms with van der Waals surface area (Å²) >= 11 is 0. The molecule has 0 atom stereocenters. The minimum absolute atomic E-state index is 0.436. The maximum Gasteiger partial charge on any atom is 0.317 e. The molecule has 0 radical (unpaired) electrons. The van der Waals surface area contributed by atoms with Crippen LogP contribution < -0.4 is 0 Å². The zero-order valence-corrected chi connectivity index (χ0v) is 76.8. The van der Waals surface area contributed by atoms with Crippen LogP contribution in [0.1, 0.15) is 25.7 Å². The molecule has 1 heterocycles. The van der Waals surface area contributed by atoms with E-state index in [0.717, 1.165) is 25.7 Å². The molecule has 0 aromatic heterocycles. The molecule has 1 rings (SSSR count). The van der Waals surface area contributed by atoms with Crippen LogP contribution >= 0.6 is 0 Å². The average Bonchev–Trinajstić information content (AvgIpc) is 0.768. The van der Waals surface area contributed by atoms with Gasteiger partial charge in [0, 0.05) is 54.9 Å². The van der Waals surface area contributed by atoms with E-state index in [4.69, 9.17) is 168 Å². The Morgan fingerprint density at radius 3 is 0.284 bits per heavy atom. The van der Waals surface area contributed by atoms with Crippen LogP contribution in [0.15, 0.2) is 0 Å². The number of rotatable bonds is 100. The summed E-state index contributed by atoms with van der Waals surface area (Å²) < 4.78 is 209. The highest BCUT2D eigenvalue weighted by molar-refractivity contribution is 6.93. The minimum Gasteiger partial charge on any atom is -0.416 e. The summed E-state index contributed by atoms with van der Waals surface area (Å²) in [5.41, 5.74) is 0. The third-order valence-electron chi connectivity index (χ3n) is 16.1. The fourth-order valence-corrected chi connectivity index (χ4v) is 33.7. The molecule has 0 bridgehead atoms. The van der Waals surface area contributed by atoms with Crippen LogP contribution in [0, 0.1) is 0 Å². The summed E-state index contributed by atoms with van der Waals surface area (Å²) in [5, 5.41) is 0.